The van der Waals surface area contributed by atoms with Gasteiger partial charge in [0.25, 0.3) is 0 Å². The summed E-state index contributed by atoms with van der Waals surface area (Å²) >= 11 is 1.76. The van der Waals surface area contributed by atoms with Gasteiger partial charge >= 0.3 is 0 Å². The summed E-state index contributed by atoms with van der Waals surface area (Å²) in [5.74, 6) is 1.38. The minimum atomic E-state index is 0. The lowest BCUT2D eigenvalue weighted by molar-refractivity contribution is 0.0258. The average molecular weight is 439 g/mol. The van der Waals surface area contributed by atoms with Gasteiger partial charge in [0.05, 0.1) is 12.1 Å². The number of thiophene rings is 1. The van der Waals surface area contributed by atoms with Crippen LogP contribution in [0.5, 0.6) is 0 Å². The van der Waals surface area contributed by atoms with E-state index in [1.165, 1.54) is 4.88 Å². The number of nitrogens with zero attached hydrogens (tertiary/aromatic N) is 1. The largest absolute Gasteiger partial charge is 0.378 e. The molecule has 0 saturated carbocycles. The molecule has 0 aliphatic heterocycles. The van der Waals surface area contributed by atoms with Crippen LogP contribution in [-0.4, -0.2) is 32.3 Å². The molecule has 0 fully saturated rings. The number of aliphatic imine (C=N–C) groups is 1. The first-order chi connectivity index (χ1) is 10.1. The van der Waals surface area contributed by atoms with Gasteiger partial charge in [0.15, 0.2) is 5.96 Å². The molecule has 0 aliphatic rings. The lowest BCUT2D eigenvalue weighted by Gasteiger charge is -2.22. The third-order valence-corrected chi connectivity index (χ3v) is 4.45. The molecule has 0 aromatic carbocycles. The Hall–Kier alpha value is -0.340. The van der Waals surface area contributed by atoms with Crippen LogP contribution in [0.25, 0.3) is 0 Å². The van der Waals surface area contributed by atoms with Gasteiger partial charge in [-0.2, -0.15) is 0 Å². The number of rotatable bonds is 8. The molecule has 0 bridgehead atoms. The number of guanidine groups is 1. The Kier molecular flexibility index (Phi) is 11.9. The minimum Gasteiger partial charge on any atom is -0.378 e. The van der Waals surface area contributed by atoms with Crippen LogP contribution in [0.3, 0.4) is 0 Å². The highest BCUT2D eigenvalue weighted by Gasteiger charge is 2.13. The van der Waals surface area contributed by atoms with Crippen molar-refractivity contribution in [1.29, 1.82) is 0 Å². The van der Waals surface area contributed by atoms with Gasteiger partial charge in [-0.15, -0.1) is 35.3 Å². The smallest absolute Gasteiger partial charge is 0.191 e. The van der Waals surface area contributed by atoms with E-state index in [2.05, 4.69) is 53.9 Å². The Labute approximate surface area is 156 Å². The second-order valence-electron chi connectivity index (χ2n) is 5.41. The third-order valence-electron chi connectivity index (χ3n) is 3.39. The van der Waals surface area contributed by atoms with E-state index < -0.39 is 0 Å². The molecule has 1 aromatic heterocycles. The highest BCUT2D eigenvalue weighted by Crippen LogP contribution is 2.17. The summed E-state index contributed by atoms with van der Waals surface area (Å²) in [6, 6.07) is 4.48. The van der Waals surface area contributed by atoms with Crippen molar-refractivity contribution < 1.29 is 4.74 Å². The first-order valence-electron chi connectivity index (χ1n) is 7.70. The van der Waals surface area contributed by atoms with Gasteiger partial charge in [0.2, 0.25) is 0 Å². The van der Waals surface area contributed by atoms with Gasteiger partial charge in [-0.25, -0.2) is 0 Å². The number of nitrogens with one attached hydrogen (secondary N) is 2. The van der Waals surface area contributed by atoms with E-state index in [1.54, 1.807) is 18.4 Å². The van der Waals surface area contributed by atoms with Crippen LogP contribution in [0.1, 0.15) is 45.0 Å². The molecule has 0 amide bonds. The fourth-order valence-electron chi connectivity index (χ4n) is 2.16. The van der Waals surface area contributed by atoms with Gasteiger partial charge in [-0.1, -0.05) is 19.9 Å². The summed E-state index contributed by atoms with van der Waals surface area (Å²) in [7, 11) is 1.80. The fraction of sp³-hybridized carbons (Fsp3) is 0.688. The Morgan fingerprint density at radius 1 is 1.36 bits per heavy atom. The van der Waals surface area contributed by atoms with E-state index in [4.69, 9.17) is 4.74 Å². The van der Waals surface area contributed by atoms with Gasteiger partial charge in [0.1, 0.15) is 0 Å². The van der Waals surface area contributed by atoms with Crippen molar-refractivity contribution in [2.45, 2.75) is 46.3 Å². The Balaban J connectivity index is 0.00000441. The van der Waals surface area contributed by atoms with Crippen molar-refractivity contribution in [3.05, 3.63) is 22.4 Å². The zero-order valence-corrected chi connectivity index (χ0v) is 17.4. The summed E-state index contributed by atoms with van der Waals surface area (Å²) < 4.78 is 5.76. The minimum absolute atomic E-state index is 0. The molecule has 2 atom stereocenters. The van der Waals surface area contributed by atoms with E-state index >= 15 is 0 Å². The third kappa shape index (κ3) is 7.78. The van der Waals surface area contributed by atoms with E-state index in [-0.39, 0.29) is 30.0 Å². The zero-order valence-electron chi connectivity index (χ0n) is 14.3. The molecule has 0 aliphatic carbocycles. The molecule has 0 radical (unpaired) electrons. The molecule has 1 aromatic rings. The van der Waals surface area contributed by atoms with Crippen LogP contribution >= 0.6 is 35.3 Å². The van der Waals surface area contributed by atoms with Crippen molar-refractivity contribution in [3.63, 3.8) is 0 Å². The second kappa shape index (κ2) is 12.1. The Morgan fingerprint density at radius 3 is 2.59 bits per heavy atom. The van der Waals surface area contributed by atoms with Gasteiger partial charge in [-0.3, -0.25) is 4.99 Å². The normalized spacial score (nSPS) is 14.4. The topological polar surface area (TPSA) is 45.6 Å². The SMILES string of the molecule is CCOC(CCNC(=NC)NC(C)c1cccs1)C(C)C.I. The number of halogens is 1. The number of ether oxygens (including phenoxy) is 1. The lowest BCUT2D eigenvalue weighted by atomic mass is 10.0. The Bertz CT molecular complexity index is 410. The van der Waals surface area contributed by atoms with Crippen LogP contribution in [0.2, 0.25) is 0 Å². The van der Waals surface area contributed by atoms with E-state index in [0.717, 1.165) is 25.5 Å². The maximum atomic E-state index is 5.76. The van der Waals surface area contributed by atoms with Crippen LogP contribution in [-0.2, 0) is 4.74 Å². The standard InChI is InChI=1S/C16H29N3OS.HI/c1-6-20-14(12(2)3)9-10-18-16(17-5)19-13(4)15-8-7-11-21-15;/h7-8,11-14H,6,9-10H2,1-5H3,(H2,17,18,19);1H. The van der Waals surface area contributed by atoms with Crippen LogP contribution in [0, 0.1) is 5.92 Å². The molecule has 1 heterocycles. The van der Waals surface area contributed by atoms with Crippen molar-refractivity contribution in [1.82, 2.24) is 10.6 Å². The summed E-state index contributed by atoms with van der Waals surface area (Å²) in [6.45, 7) is 10.2. The second-order valence-corrected chi connectivity index (χ2v) is 6.39. The molecule has 0 spiro atoms. The van der Waals surface area contributed by atoms with Crippen LogP contribution < -0.4 is 10.6 Å². The fourth-order valence-corrected chi connectivity index (χ4v) is 2.90. The quantitative estimate of drug-likeness (QED) is 0.365. The summed E-state index contributed by atoms with van der Waals surface area (Å²) in [6.07, 6.45) is 1.29. The van der Waals surface area contributed by atoms with Gasteiger partial charge in [0, 0.05) is 25.1 Å². The maximum absolute atomic E-state index is 5.76. The molecule has 2 unspecified atom stereocenters. The van der Waals surface area contributed by atoms with E-state index in [1.807, 2.05) is 6.92 Å². The molecular weight excluding hydrogens is 409 g/mol. The maximum Gasteiger partial charge on any atom is 0.191 e. The zero-order chi connectivity index (χ0) is 15.7. The monoisotopic (exact) mass is 439 g/mol. The summed E-state index contributed by atoms with van der Waals surface area (Å²) in [4.78, 5) is 5.60. The van der Waals surface area contributed by atoms with Crippen molar-refractivity contribution >= 4 is 41.3 Å². The Morgan fingerprint density at radius 2 is 2.09 bits per heavy atom. The van der Waals surface area contributed by atoms with Crippen molar-refractivity contribution in [2.24, 2.45) is 10.9 Å². The average Bonchev–Trinajstić information content (AvgIpc) is 2.99. The van der Waals surface area contributed by atoms with Crippen molar-refractivity contribution in [2.75, 3.05) is 20.2 Å². The first-order valence-corrected chi connectivity index (χ1v) is 8.58. The molecule has 6 heteroatoms. The molecule has 1 rings (SSSR count). The molecule has 4 nitrogen and oxygen atoms in total. The molecule has 0 saturated heterocycles. The molecule has 128 valence electrons. The van der Waals surface area contributed by atoms with Crippen LogP contribution in [0.15, 0.2) is 22.5 Å². The molecule has 2 N–H and O–H groups in total. The van der Waals surface area contributed by atoms with Gasteiger partial charge in [-0.05, 0) is 37.6 Å². The van der Waals surface area contributed by atoms with E-state index in [9.17, 15) is 0 Å². The van der Waals surface area contributed by atoms with E-state index in [0.29, 0.717) is 12.0 Å². The first kappa shape index (κ1) is 21.7. The molecule has 22 heavy (non-hydrogen) atoms. The number of hydrogen-bond donors (Lipinski definition) is 2. The number of hydrogen-bond acceptors (Lipinski definition) is 3. The summed E-state index contributed by atoms with van der Waals surface area (Å²) in [5, 5.41) is 8.88. The lowest BCUT2D eigenvalue weighted by Crippen LogP contribution is -2.40. The predicted octanol–water partition coefficient (Wildman–Crippen LogP) is 4.04. The van der Waals surface area contributed by atoms with Crippen LogP contribution in [0.4, 0.5) is 0 Å². The molecular formula is C16H30IN3OS. The predicted molar refractivity (Wildman–Crippen MR) is 108 cm³/mol. The van der Waals surface area contributed by atoms with Crippen molar-refractivity contribution in [3.8, 4) is 0 Å². The highest BCUT2D eigenvalue weighted by molar-refractivity contribution is 14.0. The van der Waals surface area contributed by atoms with Gasteiger partial charge < -0.3 is 15.4 Å². The summed E-state index contributed by atoms with van der Waals surface area (Å²) in [5.41, 5.74) is 0. The highest BCUT2D eigenvalue weighted by atomic mass is 127.